The second-order valence-electron chi connectivity index (χ2n) is 9.16. The highest BCUT2D eigenvalue weighted by Crippen LogP contribution is 2.32. The third kappa shape index (κ3) is 4.21. The number of halogens is 2. The minimum absolute atomic E-state index is 0.00888. The van der Waals surface area contributed by atoms with Crippen molar-refractivity contribution < 1.29 is 4.79 Å². The van der Waals surface area contributed by atoms with E-state index in [1.54, 1.807) is 6.07 Å². The number of carbonyl (C=O) groups is 1. The van der Waals surface area contributed by atoms with Gasteiger partial charge in [0, 0.05) is 22.6 Å². The maximum absolute atomic E-state index is 12.9. The molecule has 1 fully saturated rings. The Morgan fingerprint density at radius 2 is 2.12 bits per heavy atom. The van der Waals surface area contributed by atoms with E-state index in [0.717, 1.165) is 59.5 Å². The number of amides is 1. The van der Waals surface area contributed by atoms with Crippen molar-refractivity contribution in [1.29, 1.82) is 0 Å². The predicted octanol–water partition coefficient (Wildman–Crippen LogP) is 4.81. The quantitative estimate of drug-likeness (QED) is 0.558. The third-order valence-electron chi connectivity index (χ3n) is 6.88. The molecule has 34 heavy (non-hydrogen) atoms. The number of aryl methyl sites for hydroxylation is 1. The van der Waals surface area contributed by atoms with Crippen LogP contribution in [0.1, 0.15) is 56.1 Å². The van der Waals surface area contributed by atoms with Gasteiger partial charge in [-0.2, -0.15) is 5.10 Å². The minimum Gasteiger partial charge on any atom is -0.335 e. The van der Waals surface area contributed by atoms with Crippen LogP contribution in [-0.4, -0.2) is 55.7 Å². The highest BCUT2D eigenvalue weighted by atomic mass is 35.5. The van der Waals surface area contributed by atoms with E-state index in [9.17, 15) is 4.79 Å². The van der Waals surface area contributed by atoms with Crippen LogP contribution in [0.4, 0.5) is 0 Å². The van der Waals surface area contributed by atoms with E-state index in [1.807, 2.05) is 41.8 Å². The molecule has 1 N–H and O–H groups in total. The van der Waals surface area contributed by atoms with Crippen molar-refractivity contribution >= 4 is 45.8 Å². The minimum atomic E-state index is -0.142. The Hall–Kier alpha value is -2.48. The van der Waals surface area contributed by atoms with Crippen LogP contribution >= 0.6 is 23.2 Å². The first-order valence-electron chi connectivity index (χ1n) is 11.7. The average molecular weight is 499 g/mol. The maximum Gasteiger partial charge on any atom is 0.240 e. The topological polar surface area (TPSA) is 75.9 Å². The summed E-state index contributed by atoms with van der Waals surface area (Å²) in [6.45, 7) is 7.64. The van der Waals surface area contributed by atoms with Crippen molar-refractivity contribution in [1.82, 2.24) is 30.0 Å². The molecular weight excluding hydrogens is 471 g/mol. The normalized spacial score (nSPS) is 21.7. The molecule has 0 radical (unpaired) electrons. The zero-order chi connectivity index (χ0) is 24.0. The largest absolute Gasteiger partial charge is 0.335 e. The number of benzene rings is 1. The van der Waals surface area contributed by atoms with Crippen molar-refractivity contribution in [3.8, 4) is 0 Å². The number of fused-ring (bicyclic) bond motifs is 1. The number of rotatable bonds is 4. The molecule has 178 valence electrons. The van der Waals surface area contributed by atoms with Gasteiger partial charge in [-0.15, -0.1) is 0 Å². The average Bonchev–Trinajstić information content (AvgIpc) is 3.46. The van der Waals surface area contributed by atoms with Gasteiger partial charge in [-0.25, -0.2) is 14.6 Å². The van der Waals surface area contributed by atoms with Crippen molar-refractivity contribution in [2.75, 3.05) is 13.1 Å². The molecule has 1 aromatic carbocycles. The SMILES string of the molecule is Cc1nn(C(C)c2ccc(Cl)cc2Cl)c2nc(C3=C[C@@H](C)N(C(=O)C4CCCN4)CC3)cnc12. The lowest BCUT2D eigenvalue weighted by atomic mass is 9.99. The number of nitrogens with zero attached hydrogens (tertiary/aromatic N) is 5. The van der Waals surface area contributed by atoms with Crippen LogP contribution < -0.4 is 5.32 Å². The molecule has 2 aliphatic heterocycles. The second-order valence-corrected chi connectivity index (χ2v) is 10.0. The molecular formula is C25H28Cl2N6O. The Balaban J connectivity index is 1.46. The molecule has 7 nitrogen and oxygen atoms in total. The van der Waals surface area contributed by atoms with Gasteiger partial charge >= 0.3 is 0 Å². The summed E-state index contributed by atoms with van der Waals surface area (Å²) in [5.74, 6) is 0.198. The summed E-state index contributed by atoms with van der Waals surface area (Å²) in [7, 11) is 0. The van der Waals surface area contributed by atoms with Crippen LogP contribution in [0.3, 0.4) is 0 Å². The number of carbonyl (C=O) groups excluding carboxylic acids is 1. The Kier molecular flexibility index (Phi) is 6.35. The van der Waals surface area contributed by atoms with Gasteiger partial charge in [-0.05, 0) is 69.8 Å². The van der Waals surface area contributed by atoms with E-state index in [-0.39, 0.29) is 24.0 Å². The molecule has 2 aliphatic rings. The first-order valence-corrected chi connectivity index (χ1v) is 12.5. The van der Waals surface area contributed by atoms with E-state index in [4.69, 9.17) is 38.3 Å². The molecule has 0 spiro atoms. The molecule has 0 saturated carbocycles. The summed E-state index contributed by atoms with van der Waals surface area (Å²) in [6, 6.07) is 5.31. The fourth-order valence-corrected chi connectivity index (χ4v) is 5.54. The van der Waals surface area contributed by atoms with Gasteiger partial charge < -0.3 is 10.2 Å². The lowest BCUT2D eigenvalue weighted by Gasteiger charge is -2.34. The zero-order valence-electron chi connectivity index (χ0n) is 19.6. The summed E-state index contributed by atoms with van der Waals surface area (Å²) in [4.78, 5) is 24.6. The Morgan fingerprint density at radius 1 is 1.29 bits per heavy atom. The van der Waals surface area contributed by atoms with Gasteiger partial charge in [0.1, 0.15) is 5.52 Å². The fraction of sp³-hybridized carbons (Fsp3) is 0.440. The van der Waals surface area contributed by atoms with E-state index in [0.29, 0.717) is 16.6 Å². The fourth-order valence-electron chi connectivity index (χ4n) is 4.98. The van der Waals surface area contributed by atoms with E-state index in [1.165, 1.54) is 0 Å². The summed E-state index contributed by atoms with van der Waals surface area (Å²) >= 11 is 12.6. The number of nitrogens with one attached hydrogen (secondary N) is 1. The van der Waals surface area contributed by atoms with Gasteiger partial charge in [0.15, 0.2) is 5.65 Å². The first-order chi connectivity index (χ1) is 16.3. The number of aromatic nitrogens is 4. The summed E-state index contributed by atoms with van der Waals surface area (Å²) in [6.07, 6.45) is 6.67. The van der Waals surface area contributed by atoms with Crippen LogP contribution in [0.5, 0.6) is 0 Å². The highest BCUT2D eigenvalue weighted by Gasteiger charge is 2.31. The Labute approximate surface area is 209 Å². The monoisotopic (exact) mass is 498 g/mol. The van der Waals surface area contributed by atoms with Crippen molar-refractivity contribution in [2.24, 2.45) is 0 Å². The predicted molar refractivity (Wildman–Crippen MR) is 135 cm³/mol. The molecule has 1 saturated heterocycles. The van der Waals surface area contributed by atoms with Gasteiger partial charge in [-0.3, -0.25) is 4.79 Å². The van der Waals surface area contributed by atoms with Crippen molar-refractivity contribution in [3.63, 3.8) is 0 Å². The molecule has 9 heteroatoms. The van der Waals surface area contributed by atoms with Crippen LogP contribution in [-0.2, 0) is 4.79 Å². The Bertz CT molecular complexity index is 1280. The molecule has 4 heterocycles. The molecule has 1 amide bonds. The second kappa shape index (κ2) is 9.29. The van der Waals surface area contributed by atoms with Crippen molar-refractivity contribution in [2.45, 2.75) is 58.2 Å². The number of hydrogen-bond acceptors (Lipinski definition) is 5. The number of hydrogen-bond donors (Lipinski definition) is 1. The third-order valence-corrected chi connectivity index (χ3v) is 7.44. The summed E-state index contributed by atoms with van der Waals surface area (Å²) < 4.78 is 1.88. The first kappa shape index (κ1) is 23.3. The molecule has 3 aromatic rings. The summed E-state index contributed by atoms with van der Waals surface area (Å²) in [5, 5.41) is 9.24. The van der Waals surface area contributed by atoms with Crippen molar-refractivity contribution in [3.05, 3.63) is 57.5 Å². The zero-order valence-corrected chi connectivity index (χ0v) is 21.1. The smallest absolute Gasteiger partial charge is 0.240 e. The van der Waals surface area contributed by atoms with Crippen LogP contribution in [0, 0.1) is 6.92 Å². The van der Waals surface area contributed by atoms with E-state index < -0.39 is 0 Å². The summed E-state index contributed by atoms with van der Waals surface area (Å²) in [5.41, 5.74) is 5.15. The van der Waals surface area contributed by atoms with Gasteiger partial charge in [0.25, 0.3) is 0 Å². The highest BCUT2D eigenvalue weighted by molar-refractivity contribution is 6.35. The molecule has 2 unspecified atom stereocenters. The molecule has 0 bridgehead atoms. The molecule has 0 aliphatic carbocycles. The Morgan fingerprint density at radius 3 is 2.82 bits per heavy atom. The molecule has 5 rings (SSSR count). The van der Waals surface area contributed by atoms with Crippen LogP contribution in [0.15, 0.2) is 30.5 Å². The van der Waals surface area contributed by atoms with Crippen LogP contribution in [0.25, 0.3) is 16.7 Å². The lowest BCUT2D eigenvalue weighted by Crippen LogP contribution is -2.48. The molecule has 2 aromatic heterocycles. The van der Waals surface area contributed by atoms with Crippen LogP contribution in [0.2, 0.25) is 10.0 Å². The van der Waals surface area contributed by atoms with Gasteiger partial charge in [0.2, 0.25) is 5.91 Å². The standard InChI is InChI=1S/C25H28Cl2N6O/c1-14-11-17(8-10-32(14)25(34)21-5-4-9-28-21)22-13-29-23-15(2)31-33(24(23)30-22)16(3)19-7-6-18(26)12-20(19)27/h6-7,11-14,16,21,28H,4-5,8-10H2,1-3H3/t14-,16?,21?/m1/s1. The van der Waals surface area contributed by atoms with E-state index >= 15 is 0 Å². The van der Waals surface area contributed by atoms with E-state index in [2.05, 4.69) is 18.3 Å². The van der Waals surface area contributed by atoms with Gasteiger partial charge in [-0.1, -0.05) is 35.3 Å². The lowest BCUT2D eigenvalue weighted by molar-refractivity contribution is -0.134. The molecule has 3 atom stereocenters. The maximum atomic E-state index is 12.9. The van der Waals surface area contributed by atoms with Gasteiger partial charge in [0.05, 0.1) is 29.7 Å².